The minimum Gasteiger partial charge on any atom is -0.476 e. The summed E-state index contributed by atoms with van der Waals surface area (Å²) in [5.41, 5.74) is 3.25. The molecule has 6 heteroatoms. The minimum atomic E-state index is 0.431. The Balaban J connectivity index is 1.24. The first-order valence-electron chi connectivity index (χ1n) is 11.0. The highest BCUT2D eigenvalue weighted by atomic mass is 16.5. The van der Waals surface area contributed by atoms with Crippen molar-refractivity contribution < 1.29 is 4.74 Å². The molecule has 158 valence electrons. The number of rotatable bonds is 6. The third-order valence-corrected chi connectivity index (χ3v) is 6.50. The predicted octanol–water partition coefficient (Wildman–Crippen LogP) is 3.96. The van der Waals surface area contributed by atoms with Gasteiger partial charge in [-0.05, 0) is 62.0 Å². The Morgan fingerprint density at radius 1 is 1.10 bits per heavy atom. The van der Waals surface area contributed by atoms with E-state index in [1.807, 2.05) is 32.3 Å². The van der Waals surface area contributed by atoms with Gasteiger partial charge in [0.05, 0.1) is 18.0 Å². The van der Waals surface area contributed by atoms with Gasteiger partial charge in [0.25, 0.3) is 0 Å². The molecule has 2 aromatic heterocycles. The van der Waals surface area contributed by atoms with E-state index in [1.54, 1.807) is 4.68 Å². The van der Waals surface area contributed by atoms with E-state index < -0.39 is 0 Å². The maximum Gasteiger partial charge on any atom is 0.233 e. The summed E-state index contributed by atoms with van der Waals surface area (Å²) in [5, 5.41) is 13.0. The average molecular weight is 398 g/mol. The lowest BCUT2D eigenvalue weighted by molar-refractivity contribution is 0.212. The first kappa shape index (κ1) is 20.3. The summed E-state index contributed by atoms with van der Waals surface area (Å²) >= 11 is 0. The molecule has 1 aliphatic heterocycles. The Kier molecular flexibility index (Phi) is 5.65. The van der Waals surface area contributed by atoms with Crippen molar-refractivity contribution in [3.05, 3.63) is 24.0 Å². The van der Waals surface area contributed by atoms with Gasteiger partial charge in [-0.15, -0.1) is 10.2 Å². The van der Waals surface area contributed by atoms with Gasteiger partial charge in [0.1, 0.15) is 0 Å². The zero-order valence-electron chi connectivity index (χ0n) is 18.6. The van der Waals surface area contributed by atoms with Crippen LogP contribution in [0.1, 0.15) is 45.7 Å². The number of ether oxygens (including phenoxy) is 1. The number of hydrogen-bond acceptors (Lipinski definition) is 5. The Morgan fingerprint density at radius 2 is 1.83 bits per heavy atom. The van der Waals surface area contributed by atoms with Gasteiger partial charge in [0.15, 0.2) is 0 Å². The highest BCUT2D eigenvalue weighted by molar-refractivity contribution is 5.60. The monoisotopic (exact) mass is 397 g/mol. The molecule has 2 atom stereocenters. The number of hydrogen-bond donors (Lipinski definition) is 0. The molecule has 0 bridgehead atoms. The third kappa shape index (κ3) is 4.97. The second-order valence-corrected chi connectivity index (χ2v) is 10.3. The van der Waals surface area contributed by atoms with E-state index in [1.165, 1.54) is 38.9 Å². The Hall–Kier alpha value is -1.95. The van der Waals surface area contributed by atoms with Crippen molar-refractivity contribution in [2.24, 2.45) is 30.2 Å². The molecule has 1 saturated heterocycles. The molecule has 2 aliphatic rings. The molecular formula is C23H35N5O. The third-order valence-electron chi connectivity index (χ3n) is 6.50. The van der Waals surface area contributed by atoms with Gasteiger partial charge in [-0.3, -0.25) is 4.68 Å². The van der Waals surface area contributed by atoms with Crippen LogP contribution in [-0.4, -0.2) is 51.1 Å². The topological polar surface area (TPSA) is 56.1 Å². The van der Waals surface area contributed by atoms with Crippen LogP contribution in [-0.2, 0) is 7.05 Å². The van der Waals surface area contributed by atoms with E-state index in [-0.39, 0.29) is 0 Å². The van der Waals surface area contributed by atoms with Gasteiger partial charge in [-0.1, -0.05) is 20.8 Å². The van der Waals surface area contributed by atoms with Gasteiger partial charge >= 0.3 is 0 Å². The van der Waals surface area contributed by atoms with Gasteiger partial charge in [0.2, 0.25) is 5.88 Å². The highest BCUT2D eigenvalue weighted by Gasteiger charge is 2.40. The summed E-state index contributed by atoms with van der Waals surface area (Å²) in [6, 6.07) is 3.90. The molecular weight excluding hydrogens is 362 g/mol. The first-order chi connectivity index (χ1) is 13.8. The number of likely N-dealkylation sites (tertiary alicyclic amines) is 1. The summed E-state index contributed by atoms with van der Waals surface area (Å²) in [4.78, 5) is 2.68. The smallest absolute Gasteiger partial charge is 0.233 e. The Morgan fingerprint density at radius 3 is 2.38 bits per heavy atom. The van der Waals surface area contributed by atoms with Gasteiger partial charge in [0, 0.05) is 38.0 Å². The number of aromatic nitrogens is 4. The maximum atomic E-state index is 5.99. The minimum absolute atomic E-state index is 0.431. The van der Waals surface area contributed by atoms with Crippen molar-refractivity contribution in [2.75, 3.05) is 26.2 Å². The van der Waals surface area contributed by atoms with Crippen molar-refractivity contribution in [2.45, 2.75) is 47.0 Å². The molecule has 0 radical (unpaired) electrons. The number of aryl methyl sites for hydroxylation is 2. The van der Waals surface area contributed by atoms with Crippen LogP contribution in [0.4, 0.5) is 0 Å². The van der Waals surface area contributed by atoms with Crippen LogP contribution >= 0.6 is 0 Å². The molecule has 0 N–H and O–H groups in total. The second kappa shape index (κ2) is 8.05. The van der Waals surface area contributed by atoms with Crippen LogP contribution in [0.2, 0.25) is 0 Å². The van der Waals surface area contributed by atoms with E-state index in [0.717, 1.165) is 35.4 Å². The lowest BCUT2D eigenvalue weighted by atomic mass is 9.92. The molecule has 2 fully saturated rings. The summed E-state index contributed by atoms with van der Waals surface area (Å²) in [6.07, 6.45) is 5.84. The molecule has 6 nitrogen and oxygen atoms in total. The SMILES string of the molecule is Cc1nn(C)cc1-c1ccc(OCC2CC3CN(CCC(C)(C)C)CC3C2)nn1. The largest absolute Gasteiger partial charge is 0.476 e. The maximum absolute atomic E-state index is 5.99. The summed E-state index contributed by atoms with van der Waals surface area (Å²) in [6.45, 7) is 13.6. The predicted molar refractivity (Wildman–Crippen MR) is 115 cm³/mol. The van der Waals surface area contributed by atoms with Crippen molar-refractivity contribution in [3.63, 3.8) is 0 Å². The van der Waals surface area contributed by atoms with Crippen molar-refractivity contribution in [1.29, 1.82) is 0 Å². The fourth-order valence-electron chi connectivity index (χ4n) is 4.93. The molecule has 0 amide bonds. The summed E-state index contributed by atoms with van der Waals surface area (Å²) < 4.78 is 7.80. The number of fused-ring (bicyclic) bond motifs is 1. The zero-order chi connectivity index (χ0) is 20.6. The van der Waals surface area contributed by atoms with Gasteiger partial charge < -0.3 is 9.64 Å². The molecule has 1 aliphatic carbocycles. The first-order valence-corrected chi connectivity index (χ1v) is 11.0. The standard InChI is InChI=1S/C23H35N5O/c1-16-20(14-27(5)26-16)21-6-7-22(25-24-21)29-15-17-10-18-12-28(13-19(18)11-17)9-8-23(2,3)4/h6-7,14,17-19H,8-13,15H2,1-5H3. The van der Waals surface area contributed by atoms with Crippen LogP contribution in [0.25, 0.3) is 11.3 Å². The molecule has 3 heterocycles. The average Bonchev–Trinajstić information content (AvgIpc) is 3.30. The lowest BCUT2D eigenvalue weighted by Gasteiger charge is -2.24. The molecule has 0 spiro atoms. The fourth-order valence-corrected chi connectivity index (χ4v) is 4.93. The zero-order valence-corrected chi connectivity index (χ0v) is 18.6. The van der Waals surface area contributed by atoms with E-state index in [4.69, 9.17) is 4.74 Å². The highest BCUT2D eigenvalue weighted by Crippen LogP contribution is 2.42. The van der Waals surface area contributed by atoms with E-state index in [2.05, 4.69) is 41.0 Å². The molecule has 29 heavy (non-hydrogen) atoms. The molecule has 1 saturated carbocycles. The quantitative estimate of drug-likeness (QED) is 0.738. The molecule has 4 rings (SSSR count). The van der Waals surface area contributed by atoms with Gasteiger partial charge in [-0.2, -0.15) is 5.10 Å². The van der Waals surface area contributed by atoms with Crippen molar-refractivity contribution in [1.82, 2.24) is 24.9 Å². The Labute approximate surface area is 174 Å². The van der Waals surface area contributed by atoms with Crippen molar-refractivity contribution in [3.8, 4) is 17.1 Å². The van der Waals surface area contributed by atoms with Crippen LogP contribution in [0, 0.1) is 30.1 Å². The van der Waals surface area contributed by atoms with Crippen LogP contribution in [0.5, 0.6) is 5.88 Å². The van der Waals surface area contributed by atoms with E-state index in [0.29, 0.717) is 17.2 Å². The molecule has 0 aromatic carbocycles. The second-order valence-electron chi connectivity index (χ2n) is 10.3. The van der Waals surface area contributed by atoms with Crippen molar-refractivity contribution >= 4 is 0 Å². The Bertz CT molecular complexity index is 809. The number of nitrogens with zero attached hydrogens (tertiary/aromatic N) is 5. The van der Waals surface area contributed by atoms with E-state index >= 15 is 0 Å². The van der Waals surface area contributed by atoms with Crippen LogP contribution in [0.3, 0.4) is 0 Å². The van der Waals surface area contributed by atoms with Crippen LogP contribution in [0.15, 0.2) is 18.3 Å². The fraction of sp³-hybridized carbons (Fsp3) is 0.696. The van der Waals surface area contributed by atoms with Crippen LogP contribution < -0.4 is 4.74 Å². The summed E-state index contributed by atoms with van der Waals surface area (Å²) in [5.74, 6) is 2.98. The van der Waals surface area contributed by atoms with E-state index in [9.17, 15) is 0 Å². The molecule has 2 unspecified atom stereocenters. The molecule has 2 aromatic rings. The summed E-state index contributed by atoms with van der Waals surface area (Å²) in [7, 11) is 1.92. The van der Waals surface area contributed by atoms with Gasteiger partial charge in [-0.25, -0.2) is 0 Å². The normalized spacial score (nSPS) is 24.8. The lowest BCUT2D eigenvalue weighted by Crippen LogP contribution is -2.27.